The largest absolute Gasteiger partial charge is 0.383 e. The van der Waals surface area contributed by atoms with E-state index in [2.05, 4.69) is 10.3 Å². The van der Waals surface area contributed by atoms with E-state index >= 15 is 0 Å². The third kappa shape index (κ3) is 2.67. The molecule has 0 saturated heterocycles. The second-order valence-corrected chi connectivity index (χ2v) is 4.35. The van der Waals surface area contributed by atoms with Crippen molar-refractivity contribution in [3.05, 3.63) is 22.2 Å². The molecule has 1 aliphatic rings. The van der Waals surface area contributed by atoms with Gasteiger partial charge in [-0.25, -0.2) is 4.98 Å². The first kappa shape index (κ1) is 12.6. The molecule has 7 nitrogen and oxygen atoms in total. The lowest BCUT2D eigenvalue weighted by Gasteiger charge is -2.20. The number of hydrogen-bond donors (Lipinski definition) is 2. The molecule has 1 aliphatic carbocycles. The minimum absolute atomic E-state index is 0.0584. The zero-order chi connectivity index (χ0) is 13.1. The molecule has 2 unspecified atom stereocenters. The summed E-state index contributed by atoms with van der Waals surface area (Å²) in [6.45, 7) is 0. The molecule has 1 saturated carbocycles. The molecule has 1 aromatic heterocycles. The molecule has 1 heterocycles. The van der Waals surface area contributed by atoms with Crippen LogP contribution < -0.4 is 11.1 Å². The number of ether oxygens (including phenoxy) is 1. The van der Waals surface area contributed by atoms with E-state index in [1.165, 1.54) is 12.1 Å². The summed E-state index contributed by atoms with van der Waals surface area (Å²) in [6, 6.07) is 2.76. The highest BCUT2D eigenvalue weighted by Gasteiger charge is 2.27. The molecule has 98 valence electrons. The molecular weight excluding hydrogens is 236 g/mol. The van der Waals surface area contributed by atoms with Gasteiger partial charge in [0.15, 0.2) is 0 Å². The van der Waals surface area contributed by atoms with Gasteiger partial charge in [-0.15, -0.1) is 0 Å². The van der Waals surface area contributed by atoms with Gasteiger partial charge >= 0.3 is 0 Å². The van der Waals surface area contributed by atoms with Gasteiger partial charge in [0, 0.05) is 7.11 Å². The van der Waals surface area contributed by atoms with E-state index in [1.54, 1.807) is 7.11 Å². The first-order valence-electron chi connectivity index (χ1n) is 5.81. The molecule has 7 heteroatoms. The van der Waals surface area contributed by atoms with E-state index in [0.717, 1.165) is 19.3 Å². The van der Waals surface area contributed by atoms with Crippen LogP contribution >= 0.6 is 0 Å². The van der Waals surface area contributed by atoms with Crippen molar-refractivity contribution in [2.45, 2.75) is 31.4 Å². The normalized spacial score (nSPS) is 22.9. The molecule has 0 amide bonds. The van der Waals surface area contributed by atoms with Crippen LogP contribution in [0.3, 0.4) is 0 Å². The molecule has 0 spiro atoms. The number of pyridine rings is 1. The van der Waals surface area contributed by atoms with E-state index in [4.69, 9.17) is 10.5 Å². The zero-order valence-corrected chi connectivity index (χ0v) is 10.1. The Morgan fingerprint density at radius 1 is 1.56 bits per heavy atom. The van der Waals surface area contributed by atoms with Crippen molar-refractivity contribution in [3.63, 3.8) is 0 Å². The first-order valence-corrected chi connectivity index (χ1v) is 5.81. The summed E-state index contributed by atoms with van der Waals surface area (Å²) in [7, 11) is 1.67. The van der Waals surface area contributed by atoms with Crippen LogP contribution in [0.4, 0.5) is 17.3 Å². The Balaban J connectivity index is 2.16. The number of rotatable bonds is 4. The van der Waals surface area contributed by atoms with Crippen LogP contribution in [-0.2, 0) is 4.74 Å². The highest BCUT2D eigenvalue weighted by Crippen LogP contribution is 2.26. The molecule has 1 aromatic rings. The molecule has 0 radical (unpaired) electrons. The predicted molar refractivity (Wildman–Crippen MR) is 67.4 cm³/mol. The highest BCUT2D eigenvalue weighted by molar-refractivity contribution is 5.53. The molecular formula is C11H16N4O3. The Morgan fingerprint density at radius 3 is 3.00 bits per heavy atom. The number of nitrogens with two attached hydrogens (primary N) is 1. The Hall–Kier alpha value is -1.89. The van der Waals surface area contributed by atoms with Gasteiger partial charge in [-0.2, -0.15) is 0 Å². The van der Waals surface area contributed by atoms with E-state index in [9.17, 15) is 10.1 Å². The van der Waals surface area contributed by atoms with Crippen LogP contribution in [0, 0.1) is 10.1 Å². The Labute approximate surface area is 104 Å². The molecule has 0 bridgehead atoms. The highest BCUT2D eigenvalue weighted by atomic mass is 16.6. The number of methoxy groups -OCH3 is 1. The fourth-order valence-corrected chi connectivity index (χ4v) is 2.28. The lowest BCUT2D eigenvalue weighted by molar-refractivity contribution is -0.384. The molecule has 18 heavy (non-hydrogen) atoms. The number of nitrogens with one attached hydrogen (secondary N) is 1. The van der Waals surface area contributed by atoms with E-state index in [1.807, 2.05) is 0 Å². The molecule has 2 rings (SSSR count). The van der Waals surface area contributed by atoms with E-state index < -0.39 is 4.92 Å². The van der Waals surface area contributed by atoms with Crippen molar-refractivity contribution in [2.75, 3.05) is 18.2 Å². The third-order valence-corrected chi connectivity index (χ3v) is 3.13. The van der Waals surface area contributed by atoms with Gasteiger partial charge in [0.05, 0.1) is 29.2 Å². The van der Waals surface area contributed by atoms with Crippen molar-refractivity contribution in [1.29, 1.82) is 0 Å². The van der Waals surface area contributed by atoms with Gasteiger partial charge in [-0.05, 0) is 19.3 Å². The van der Waals surface area contributed by atoms with Crippen LogP contribution in [0.25, 0.3) is 0 Å². The summed E-state index contributed by atoms with van der Waals surface area (Å²) in [4.78, 5) is 14.3. The van der Waals surface area contributed by atoms with Crippen molar-refractivity contribution in [1.82, 2.24) is 4.98 Å². The van der Waals surface area contributed by atoms with Crippen molar-refractivity contribution in [3.8, 4) is 0 Å². The van der Waals surface area contributed by atoms with Crippen molar-refractivity contribution in [2.24, 2.45) is 0 Å². The summed E-state index contributed by atoms with van der Waals surface area (Å²) in [5, 5.41) is 13.9. The lowest BCUT2D eigenvalue weighted by Crippen LogP contribution is -2.30. The van der Waals surface area contributed by atoms with Crippen molar-refractivity contribution >= 4 is 17.3 Å². The maximum Gasteiger partial charge on any atom is 0.276 e. The number of nitrogen functional groups attached to an aromatic ring is 1. The van der Waals surface area contributed by atoms with Gasteiger partial charge in [0.25, 0.3) is 5.69 Å². The van der Waals surface area contributed by atoms with Gasteiger partial charge in [-0.1, -0.05) is 0 Å². The van der Waals surface area contributed by atoms with E-state index in [0.29, 0.717) is 5.82 Å². The Bertz CT molecular complexity index is 452. The van der Waals surface area contributed by atoms with Crippen LogP contribution in [0.5, 0.6) is 0 Å². The topological polar surface area (TPSA) is 103 Å². The average Bonchev–Trinajstić information content (AvgIpc) is 2.75. The van der Waals surface area contributed by atoms with Crippen LogP contribution in [0.2, 0.25) is 0 Å². The van der Waals surface area contributed by atoms with Crippen molar-refractivity contribution < 1.29 is 9.66 Å². The minimum atomic E-state index is -0.480. The number of nitro groups is 1. The standard InChI is InChI=1S/C11H16N4O3/c1-18-9-4-2-3-8(9)13-11-6-7(15(16)17)5-10(12)14-11/h5-6,8-9H,2-4H2,1H3,(H3,12,13,14). The van der Waals surface area contributed by atoms with Gasteiger partial charge in [-0.3, -0.25) is 10.1 Å². The molecule has 0 aromatic carbocycles. The first-order chi connectivity index (χ1) is 8.60. The summed E-state index contributed by atoms with van der Waals surface area (Å²) in [5.41, 5.74) is 5.49. The quantitative estimate of drug-likeness (QED) is 0.622. The summed E-state index contributed by atoms with van der Waals surface area (Å²) in [6.07, 6.45) is 3.13. The summed E-state index contributed by atoms with van der Waals surface area (Å²) >= 11 is 0. The number of hydrogen-bond acceptors (Lipinski definition) is 6. The molecule has 0 aliphatic heterocycles. The molecule has 2 atom stereocenters. The van der Waals surface area contributed by atoms with Gasteiger partial charge in [0.2, 0.25) is 0 Å². The lowest BCUT2D eigenvalue weighted by atomic mass is 10.2. The third-order valence-electron chi connectivity index (χ3n) is 3.13. The monoisotopic (exact) mass is 252 g/mol. The molecule has 3 N–H and O–H groups in total. The maximum atomic E-state index is 10.7. The fraction of sp³-hybridized carbons (Fsp3) is 0.545. The second kappa shape index (κ2) is 5.18. The smallest absolute Gasteiger partial charge is 0.276 e. The van der Waals surface area contributed by atoms with Crippen LogP contribution in [0.15, 0.2) is 12.1 Å². The van der Waals surface area contributed by atoms with Gasteiger partial charge in [0.1, 0.15) is 11.6 Å². The predicted octanol–water partition coefficient (Wildman–Crippen LogP) is 1.55. The average molecular weight is 252 g/mol. The number of aromatic nitrogens is 1. The van der Waals surface area contributed by atoms with E-state index in [-0.39, 0.29) is 23.7 Å². The Morgan fingerprint density at radius 2 is 2.33 bits per heavy atom. The fourth-order valence-electron chi connectivity index (χ4n) is 2.28. The number of nitrogens with zero attached hydrogens (tertiary/aromatic N) is 2. The van der Waals surface area contributed by atoms with Crippen LogP contribution in [-0.4, -0.2) is 29.2 Å². The summed E-state index contributed by atoms with van der Waals surface area (Å²) in [5.74, 6) is 0.564. The maximum absolute atomic E-state index is 10.7. The van der Waals surface area contributed by atoms with Crippen LogP contribution in [0.1, 0.15) is 19.3 Å². The zero-order valence-electron chi connectivity index (χ0n) is 10.1. The van der Waals surface area contributed by atoms with Gasteiger partial charge < -0.3 is 15.8 Å². The summed E-state index contributed by atoms with van der Waals surface area (Å²) < 4.78 is 5.35. The number of anilines is 2. The molecule has 1 fully saturated rings. The minimum Gasteiger partial charge on any atom is -0.383 e. The Kier molecular flexibility index (Phi) is 3.61. The second-order valence-electron chi connectivity index (χ2n) is 4.35. The SMILES string of the molecule is COC1CCCC1Nc1cc([N+](=O)[O-])cc(N)n1.